The van der Waals surface area contributed by atoms with Gasteiger partial charge in [-0.3, -0.25) is 9.36 Å². The summed E-state index contributed by atoms with van der Waals surface area (Å²) in [4.78, 5) is 12.8. The van der Waals surface area contributed by atoms with E-state index in [1.165, 1.54) is 17.3 Å². The summed E-state index contributed by atoms with van der Waals surface area (Å²) in [6, 6.07) is 16.2. The fraction of sp³-hybridized carbons (Fsp3) is 0.400. The highest BCUT2D eigenvalue weighted by Gasteiger charge is 2.20. The smallest absolute Gasteiger partial charge is 0.230 e. The predicted octanol–water partition coefficient (Wildman–Crippen LogP) is 5.31. The summed E-state index contributed by atoms with van der Waals surface area (Å²) in [7, 11) is 1.64. The van der Waals surface area contributed by atoms with Gasteiger partial charge in [0.05, 0.1) is 24.6 Å². The normalized spacial score (nSPS) is 12.2. The largest absolute Gasteiger partial charge is 0.495 e. The van der Waals surface area contributed by atoms with Crippen molar-refractivity contribution in [2.45, 2.75) is 51.7 Å². The number of carbonyl (C=O) groups is 1. The van der Waals surface area contributed by atoms with Crippen molar-refractivity contribution < 1.29 is 9.53 Å². The Bertz CT molecular complexity index is 1040. The molecule has 32 heavy (non-hydrogen) atoms. The Hall–Kier alpha value is -2.80. The van der Waals surface area contributed by atoms with Crippen molar-refractivity contribution in [3.63, 3.8) is 0 Å². The SMILES string of the molecule is COc1ccccc1-n1c(C)nnc1SCC(=O)NC(c1ccc(C(C)C)cc1)C(C)C. The van der Waals surface area contributed by atoms with Gasteiger partial charge < -0.3 is 10.1 Å². The van der Waals surface area contributed by atoms with E-state index in [1.807, 2.05) is 35.8 Å². The Kier molecular flexibility index (Phi) is 7.96. The quantitative estimate of drug-likeness (QED) is 0.445. The third-order valence-corrected chi connectivity index (χ3v) is 6.33. The van der Waals surface area contributed by atoms with E-state index in [0.29, 0.717) is 11.1 Å². The van der Waals surface area contributed by atoms with Crippen LogP contribution in [0.2, 0.25) is 0 Å². The highest BCUT2D eigenvalue weighted by atomic mass is 32.2. The molecule has 1 heterocycles. The lowest BCUT2D eigenvalue weighted by Gasteiger charge is -2.23. The van der Waals surface area contributed by atoms with Gasteiger partial charge in [-0.1, -0.05) is 75.9 Å². The summed E-state index contributed by atoms with van der Waals surface area (Å²) in [5.41, 5.74) is 3.27. The summed E-state index contributed by atoms with van der Waals surface area (Å²) in [5, 5.41) is 12.3. The van der Waals surface area contributed by atoms with Crippen LogP contribution in [-0.4, -0.2) is 33.5 Å². The van der Waals surface area contributed by atoms with Crippen molar-refractivity contribution in [2.75, 3.05) is 12.9 Å². The second-order valence-electron chi connectivity index (χ2n) is 8.44. The van der Waals surface area contributed by atoms with Gasteiger partial charge in [-0.05, 0) is 42.0 Å². The summed E-state index contributed by atoms with van der Waals surface area (Å²) in [6.45, 7) is 10.5. The molecule has 2 aromatic carbocycles. The van der Waals surface area contributed by atoms with Crippen LogP contribution < -0.4 is 10.1 Å². The zero-order chi connectivity index (χ0) is 23.3. The van der Waals surface area contributed by atoms with Crippen LogP contribution in [0.1, 0.15) is 56.6 Å². The molecule has 0 radical (unpaired) electrons. The maximum Gasteiger partial charge on any atom is 0.230 e. The van der Waals surface area contributed by atoms with Crippen LogP contribution in [0, 0.1) is 12.8 Å². The van der Waals surface area contributed by atoms with Gasteiger partial charge in [0.15, 0.2) is 5.16 Å². The summed E-state index contributed by atoms with van der Waals surface area (Å²) in [6.07, 6.45) is 0. The Balaban J connectivity index is 1.72. The summed E-state index contributed by atoms with van der Waals surface area (Å²) in [5.74, 6) is 2.44. The van der Waals surface area contributed by atoms with Gasteiger partial charge >= 0.3 is 0 Å². The Morgan fingerprint density at radius 1 is 1.03 bits per heavy atom. The van der Waals surface area contributed by atoms with Crippen LogP contribution >= 0.6 is 11.8 Å². The first kappa shape index (κ1) is 23.9. The number of aromatic nitrogens is 3. The minimum absolute atomic E-state index is 0.0335. The van der Waals surface area contributed by atoms with E-state index in [9.17, 15) is 4.79 Å². The summed E-state index contributed by atoms with van der Waals surface area (Å²) >= 11 is 1.37. The second-order valence-corrected chi connectivity index (χ2v) is 9.38. The number of carbonyl (C=O) groups excluding carboxylic acids is 1. The maximum absolute atomic E-state index is 12.8. The average Bonchev–Trinajstić information content (AvgIpc) is 3.15. The molecule has 1 unspecified atom stereocenters. The number of hydrogen-bond acceptors (Lipinski definition) is 5. The number of benzene rings is 2. The molecule has 0 aliphatic heterocycles. The van der Waals surface area contributed by atoms with Crippen molar-refractivity contribution >= 4 is 17.7 Å². The van der Waals surface area contributed by atoms with Gasteiger partial charge in [-0.2, -0.15) is 0 Å². The molecule has 1 amide bonds. The van der Waals surface area contributed by atoms with E-state index < -0.39 is 0 Å². The third-order valence-electron chi connectivity index (χ3n) is 5.40. The number of aryl methyl sites for hydroxylation is 1. The van der Waals surface area contributed by atoms with Crippen LogP contribution in [0.15, 0.2) is 53.7 Å². The van der Waals surface area contributed by atoms with E-state index in [4.69, 9.17) is 4.74 Å². The van der Waals surface area contributed by atoms with E-state index >= 15 is 0 Å². The molecule has 1 atom stereocenters. The number of rotatable bonds is 9. The number of ether oxygens (including phenoxy) is 1. The van der Waals surface area contributed by atoms with Crippen molar-refractivity contribution in [2.24, 2.45) is 5.92 Å². The number of nitrogens with one attached hydrogen (secondary N) is 1. The van der Waals surface area contributed by atoms with Gasteiger partial charge in [-0.25, -0.2) is 0 Å². The Labute approximate surface area is 194 Å². The number of hydrogen-bond donors (Lipinski definition) is 1. The number of para-hydroxylation sites is 2. The Morgan fingerprint density at radius 2 is 1.69 bits per heavy atom. The fourth-order valence-corrected chi connectivity index (χ4v) is 4.40. The van der Waals surface area contributed by atoms with E-state index in [-0.39, 0.29) is 23.6 Å². The van der Waals surface area contributed by atoms with Gasteiger partial charge in [0.25, 0.3) is 0 Å². The first-order valence-electron chi connectivity index (χ1n) is 10.9. The van der Waals surface area contributed by atoms with Gasteiger partial charge in [0, 0.05) is 0 Å². The number of thioether (sulfide) groups is 1. The van der Waals surface area contributed by atoms with E-state index in [0.717, 1.165) is 22.8 Å². The molecule has 1 aromatic heterocycles. The van der Waals surface area contributed by atoms with Crippen LogP contribution in [-0.2, 0) is 4.79 Å². The summed E-state index contributed by atoms with van der Waals surface area (Å²) < 4.78 is 7.41. The molecule has 0 bridgehead atoms. The first-order chi connectivity index (χ1) is 15.3. The standard InChI is InChI=1S/C25H32N4O2S/c1-16(2)19-11-13-20(14-12-19)24(17(3)4)26-23(30)15-32-25-28-27-18(5)29(25)21-9-7-8-10-22(21)31-6/h7-14,16-17,24H,15H2,1-6H3,(H,26,30). The molecule has 0 aliphatic rings. The minimum atomic E-state index is -0.0434. The van der Waals surface area contributed by atoms with Gasteiger partial charge in [0.2, 0.25) is 5.91 Å². The van der Waals surface area contributed by atoms with Crippen LogP contribution in [0.3, 0.4) is 0 Å². The van der Waals surface area contributed by atoms with Crippen molar-refractivity contribution in [1.82, 2.24) is 20.1 Å². The molecule has 0 saturated carbocycles. The van der Waals surface area contributed by atoms with Crippen molar-refractivity contribution in [1.29, 1.82) is 0 Å². The minimum Gasteiger partial charge on any atom is -0.495 e. The maximum atomic E-state index is 12.8. The molecule has 0 spiro atoms. The van der Waals surface area contributed by atoms with Crippen LogP contribution in [0.5, 0.6) is 5.75 Å². The molecule has 3 aromatic rings. The molecular weight excluding hydrogens is 420 g/mol. The highest BCUT2D eigenvalue weighted by molar-refractivity contribution is 7.99. The lowest BCUT2D eigenvalue weighted by atomic mass is 9.93. The fourth-order valence-electron chi connectivity index (χ4n) is 3.60. The molecule has 0 aliphatic carbocycles. The van der Waals surface area contributed by atoms with Crippen molar-refractivity contribution in [3.05, 3.63) is 65.5 Å². The second kappa shape index (κ2) is 10.7. The topological polar surface area (TPSA) is 69.0 Å². The zero-order valence-electron chi connectivity index (χ0n) is 19.6. The lowest BCUT2D eigenvalue weighted by molar-refractivity contribution is -0.119. The molecule has 170 valence electrons. The molecule has 7 heteroatoms. The van der Waals surface area contributed by atoms with E-state index in [2.05, 4.69) is 67.5 Å². The van der Waals surface area contributed by atoms with Gasteiger partial charge in [-0.15, -0.1) is 10.2 Å². The monoisotopic (exact) mass is 452 g/mol. The van der Waals surface area contributed by atoms with Gasteiger partial charge in [0.1, 0.15) is 11.6 Å². The number of methoxy groups -OCH3 is 1. The van der Waals surface area contributed by atoms with Crippen molar-refractivity contribution in [3.8, 4) is 11.4 Å². The van der Waals surface area contributed by atoms with Crippen LogP contribution in [0.25, 0.3) is 5.69 Å². The van der Waals surface area contributed by atoms with E-state index in [1.54, 1.807) is 7.11 Å². The van der Waals surface area contributed by atoms with Crippen LogP contribution in [0.4, 0.5) is 0 Å². The third kappa shape index (κ3) is 5.51. The average molecular weight is 453 g/mol. The number of nitrogens with zero attached hydrogens (tertiary/aromatic N) is 3. The Morgan fingerprint density at radius 3 is 2.31 bits per heavy atom. The number of amides is 1. The lowest BCUT2D eigenvalue weighted by Crippen LogP contribution is -2.33. The molecule has 1 N–H and O–H groups in total. The first-order valence-corrected chi connectivity index (χ1v) is 11.9. The molecule has 6 nitrogen and oxygen atoms in total. The highest BCUT2D eigenvalue weighted by Crippen LogP contribution is 2.29. The zero-order valence-corrected chi connectivity index (χ0v) is 20.4. The predicted molar refractivity (Wildman–Crippen MR) is 130 cm³/mol. The molecule has 0 fully saturated rings. The molecule has 3 rings (SSSR count). The molecular formula is C25H32N4O2S. The molecule has 0 saturated heterocycles.